The Labute approximate surface area is 188 Å². The standard InChI is InChI=1S/C13H12Cl5N7O4/c1-6-19-5-9(25(27)28)24(6)2-3-29-12(26)23-10(13(16,17)18)22-11-20-7(14)4-8(15)21-11/h4-5,10H,2-3H2,1H3,(H,23,26)(H,20,21,22). The van der Waals surface area contributed by atoms with Crippen LogP contribution in [0, 0.1) is 17.0 Å². The predicted octanol–water partition coefficient (Wildman–Crippen LogP) is 3.73. The number of halogens is 5. The molecule has 0 saturated carbocycles. The Morgan fingerprint density at radius 2 is 1.97 bits per heavy atom. The molecule has 0 spiro atoms. The quantitative estimate of drug-likeness (QED) is 0.190. The highest BCUT2D eigenvalue weighted by molar-refractivity contribution is 6.68. The van der Waals surface area contributed by atoms with E-state index in [9.17, 15) is 14.9 Å². The number of imidazole rings is 1. The van der Waals surface area contributed by atoms with Gasteiger partial charge in [-0.25, -0.2) is 24.3 Å². The zero-order chi connectivity index (χ0) is 21.8. The average Bonchev–Trinajstić information content (AvgIpc) is 2.93. The first-order valence-electron chi connectivity index (χ1n) is 7.60. The molecule has 0 aromatic carbocycles. The summed E-state index contributed by atoms with van der Waals surface area (Å²) >= 11 is 29.1. The van der Waals surface area contributed by atoms with Gasteiger partial charge in [-0.2, -0.15) is 0 Å². The van der Waals surface area contributed by atoms with Gasteiger partial charge < -0.3 is 20.2 Å². The minimum atomic E-state index is -2.03. The molecule has 0 saturated heterocycles. The van der Waals surface area contributed by atoms with Crippen LogP contribution in [-0.2, 0) is 11.3 Å². The second-order valence-electron chi connectivity index (χ2n) is 5.31. The van der Waals surface area contributed by atoms with E-state index in [1.54, 1.807) is 6.92 Å². The van der Waals surface area contributed by atoms with Crippen LogP contribution in [0.1, 0.15) is 5.82 Å². The summed E-state index contributed by atoms with van der Waals surface area (Å²) in [6.07, 6.45) is -1.19. The monoisotopic (exact) mass is 505 g/mol. The summed E-state index contributed by atoms with van der Waals surface area (Å²) in [5, 5.41) is 15.8. The average molecular weight is 508 g/mol. The second-order valence-corrected chi connectivity index (χ2v) is 8.45. The number of alkyl carbamates (subject to hydrolysis) is 1. The number of anilines is 1. The lowest BCUT2D eigenvalue weighted by Crippen LogP contribution is -2.49. The van der Waals surface area contributed by atoms with Crippen LogP contribution in [0.2, 0.25) is 10.3 Å². The molecule has 0 aliphatic carbocycles. The topological polar surface area (TPSA) is 137 Å². The van der Waals surface area contributed by atoms with Gasteiger partial charge in [0.15, 0.2) is 12.0 Å². The molecule has 1 atom stereocenters. The lowest BCUT2D eigenvalue weighted by molar-refractivity contribution is -0.392. The zero-order valence-electron chi connectivity index (χ0n) is 14.4. The first-order chi connectivity index (χ1) is 13.5. The molecule has 0 aliphatic heterocycles. The molecule has 2 aromatic rings. The fraction of sp³-hybridized carbons (Fsp3) is 0.385. The Bertz CT molecular complexity index is 884. The summed E-state index contributed by atoms with van der Waals surface area (Å²) in [5.74, 6) is 0.0441. The van der Waals surface area contributed by atoms with Gasteiger partial charge in [0.05, 0.1) is 0 Å². The number of nitro groups is 1. The highest BCUT2D eigenvalue weighted by atomic mass is 35.6. The Morgan fingerprint density at radius 3 is 2.52 bits per heavy atom. The van der Waals surface area contributed by atoms with Crippen molar-refractivity contribution in [1.29, 1.82) is 0 Å². The summed E-state index contributed by atoms with van der Waals surface area (Å²) in [5.41, 5.74) is 0. The van der Waals surface area contributed by atoms with Crippen LogP contribution in [-0.4, -0.2) is 47.1 Å². The van der Waals surface area contributed by atoms with Crippen LogP contribution in [0.25, 0.3) is 0 Å². The number of ether oxygens (including phenoxy) is 1. The first kappa shape index (κ1) is 23.5. The van der Waals surface area contributed by atoms with E-state index in [1.807, 2.05) is 0 Å². The number of hydrogen-bond donors (Lipinski definition) is 2. The number of rotatable bonds is 7. The normalized spacial score (nSPS) is 12.3. The number of alkyl halides is 3. The molecule has 2 N–H and O–H groups in total. The fourth-order valence-corrected chi connectivity index (χ4v) is 2.80. The smallest absolute Gasteiger partial charge is 0.409 e. The molecule has 2 aromatic heterocycles. The van der Waals surface area contributed by atoms with E-state index in [-0.39, 0.29) is 35.2 Å². The van der Waals surface area contributed by atoms with Gasteiger partial charge in [0.2, 0.25) is 9.74 Å². The van der Waals surface area contributed by atoms with Gasteiger partial charge in [-0.15, -0.1) is 0 Å². The minimum absolute atomic E-state index is 0.00551. The highest BCUT2D eigenvalue weighted by Crippen LogP contribution is 2.31. The van der Waals surface area contributed by atoms with E-state index in [1.165, 1.54) is 10.6 Å². The molecular formula is C13H12Cl5N7O4. The van der Waals surface area contributed by atoms with Crippen molar-refractivity contribution in [2.24, 2.45) is 0 Å². The third kappa shape index (κ3) is 6.89. The van der Waals surface area contributed by atoms with Crippen molar-refractivity contribution in [3.63, 3.8) is 0 Å². The first-order valence-corrected chi connectivity index (χ1v) is 9.49. The van der Waals surface area contributed by atoms with E-state index >= 15 is 0 Å². The van der Waals surface area contributed by atoms with Crippen LogP contribution in [0.5, 0.6) is 0 Å². The molecule has 29 heavy (non-hydrogen) atoms. The lowest BCUT2D eigenvalue weighted by atomic mass is 10.5. The van der Waals surface area contributed by atoms with Crippen LogP contribution < -0.4 is 10.6 Å². The second kappa shape index (κ2) is 9.81. The van der Waals surface area contributed by atoms with Crippen molar-refractivity contribution in [1.82, 2.24) is 24.8 Å². The number of nitrogens with zero attached hydrogens (tertiary/aromatic N) is 5. The molecule has 1 amide bonds. The maximum Gasteiger partial charge on any atom is 0.409 e. The fourth-order valence-electron chi connectivity index (χ4n) is 2.05. The lowest BCUT2D eigenvalue weighted by Gasteiger charge is -2.26. The summed E-state index contributed by atoms with van der Waals surface area (Å²) in [7, 11) is 0. The third-order valence-corrected chi connectivity index (χ3v) is 4.34. The van der Waals surface area contributed by atoms with Crippen molar-refractivity contribution in [2.45, 2.75) is 23.4 Å². The number of amides is 1. The minimum Gasteiger partial charge on any atom is -0.445 e. The van der Waals surface area contributed by atoms with Crippen molar-refractivity contribution in [2.75, 3.05) is 11.9 Å². The number of aromatic nitrogens is 4. The highest BCUT2D eigenvalue weighted by Gasteiger charge is 2.35. The molecule has 158 valence electrons. The molecular weight excluding hydrogens is 495 g/mol. The van der Waals surface area contributed by atoms with E-state index in [0.717, 1.165) is 6.20 Å². The number of nitrogens with one attached hydrogen (secondary N) is 2. The molecule has 2 heterocycles. The van der Waals surface area contributed by atoms with Gasteiger partial charge >= 0.3 is 11.9 Å². The van der Waals surface area contributed by atoms with Gasteiger partial charge in [0, 0.05) is 13.0 Å². The van der Waals surface area contributed by atoms with Crippen molar-refractivity contribution in [3.05, 3.63) is 38.5 Å². The molecule has 0 radical (unpaired) electrons. The third-order valence-electron chi connectivity index (χ3n) is 3.30. The van der Waals surface area contributed by atoms with Gasteiger partial charge in [0.1, 0.15) is 29.7 Å². The van der Waals surface area contributed by atoms with Gasteiger partial charge in [-0.3, -0.25) is 5.32 Å². The number of carbonyl (C=O) groups is 1. The summed E-state index contributed by atoms with van der Waals surface area (Å²) in [6.45, 7) is 1.36. The largest absolute Gasteiger partial charge is 0.445 e. The van der Waals surface area contributed by atoms with E-state index in [2.05, 4.69) is 25.6 Å². The van der Waals surface area contributed by atoms with E-state index in [4.69, 9.17) is 62.7 Å². The number of hydrogen-bond acceptors (Lipinski definition) is 8. The predicted molar refractivity (Wildman–Crippen MR) is 108 cm³/mol. The van der Waals surface area contributed by atoms with Crippen molar-refractivity contribution >= 4 is 75.9 Å². The van der Waals surface area contributed by atoms with Crippen LogP contribution in [0.4, 0.5) is 16.6 Å². The van der Waals surface area contributed by atoms with Crippen LogP contribution >= 0.6 is 58.0 Å². The zero-order valence-corrected chi connectivity index (χ0v) is 18.2. The van der Waals surface area contributed by atoms with Crippen LogP contribution in [0.15, 0.2) is 12.3 Å². The van der Waals surface area contributed by atoms with Gasteiger partial charge in [0.25, 0.3) is 0 Å². The maximum atomic E-state index is 12.1. The Hall–Kier alpha value is -1.79. The molecule has 0 fully saturated rings. The Kier molecular flexibility index (Phi) is 7.94. The Balaban J connectivity index is 1.98. The van der Waals surface area contributed by atoms with Gasteiger partial charge in [-0.1, -0.05) is 58.0 Å². The number of aryl methyl sites for hydroxylation is 1. The summed E-state index contributed by atoms with van der Waals surface area (Å²) in [4.78, 5) is 33.9. The van der Waals surface area contributed by atoms with Gasteiger partial charge in [-0.05, 0) is 4.92 Å². The van der Waals surface area contributed by atoms with E-state index in [0.29, 0.717) is 5.82 Å². The number of carbonyl (C=O) groups excluding carboxylic acids is 1. The molecule has 16 heteroatoms. The summed E-state index contributed by atoms with van der Waals surface area (Å²) in [6, 6.07) is 1.29. The van der Waals surface area contributed by atoms with Crippen LogP contribution in [0.3, 0.4) is 0 Å². The van der Waals surface area contributed by atoms with E-state index < -0.39 is 21.0 Å². The van der Waals surface area contributed by atoms with Crippen molar-refractivity contribution in [3.8, 4) is 0 Å². The van der Waals surface area contributed by atoms with Crippen molar-refractivity contribution < 1.29 is 14.5 Å². The Morgan fingerprint density at radius 1 is 1.34 bits per heavy atom. The maximum absolute atomic E-state index is 12.1. The molecule has 0 bridgehead atoms. The molecule has 0 aliphatic rings. The molecule has 2 rings (SSSR count). The SMILES string of the molecule is Cc1ncc([N+](=O)[O-])n1CCOC(=O)NC(Nc1nc(Cl)cc(Cl)n1)C(Cl)(Cl)Cl. The molecule has 1 unspecified atom stereocenters. The summed E-state index contributed by atoms with van der Waals surface area (Å²) < 4.78 is 4.23. The molecule has 11 nitrogen and oxygen atoms in total.